The minimum atomic E-state index is 0.0732. The molecule has 1 amide bonds. The molecule has 3 aliphatic rings. The molecular formula is C14H25N3O. The molecule has 4 nitrogen and oxygen atoms in total. The summed E-state index contributed by atoms with van der Waals surface area (Å²) in [6.07, 6.45) is 7.41. The standard InChI is InChI=1S/C14H25N3O/c1-17-7-6-11(9-17)15-14(18)13-8-10-4-2-3-5-12(10)16-13/h10-13,16H,2-9H2,1H3,(H,15,18). The molecule has 1 saturated carbocycles. The maximum absolute atomic E-state index is 12.3. The van der Waals surface area contributed by atoms with Crippen molar-refractivity contribution in [3.05, 3.63) is 0 Å². The number of hydrogen-bond donors (Lipinski definition) is 2. The third-order valence-corrected chi connectivity index (χ3v) is 4.92. The Morgan fingerprint density at radius 3 is 2.83 bits per heavy atom. The van der Waals surface area contributed by atoms with Crippen molar-refractivity contribution < 1.29 is 4.79 Å². The monoisotopic (exact) mass is 251 g/mol. The highest BCUT2D eigenvalue weighted by Gasteiger charge is 2.38. The first-order valence-electron chi connectivity index (χ1n) is 7.47. The summed E-state index contributed by atoms with van der Waals surface area (Å²) in [6.45, 7) is 2.11. The first kappa shape index (κ1) is 12.4. The van der Waals surface area contributed by atoms with Gasteiger partial charge in [0.2, 0.25) is 5.91 Å². The van der Waals surface area contributed by atoms with Crippen LogP contribution in [0.25, 0.3) is 0 Å². The van der Waals surface area contributed by atoms with Crippen molar-refractivity contribution >= 4 is 5.91 Å². The molecule has 4 unspecified atom stereocenters. The second-order valence-corrected chi connectivity index (χ2v) is 6.36. The molecule has 0 aromatic heterocycles. The number of rotatable bonds is 2. The summed E-state index contributed by atoms with van der Waals surface area (Å²) in [5.41, 5.74) is 0. The van der Waals surface area contributed by atoms with Gasteiger partial charge in [-0.15, -0.1) is 0 Å². The summed E-state index contributed by atoms with van der Waals surface area (Å²) in [6, 6.07) is 1.05. The number of nitrogens with one attached hydrogen (secondary N) is 2. The maximum Gasteiger partial charge on any atom is 0.237 e. The van der Waals surface area contributed by atoms with Crippen molar-refractivity contribution in [3.8, 4) is 0 Å². The average molecular weight is 251 g/mol. The molecule has 1 aliphatic carbocycles. The lowest BCUT2D eigenvalue weighted by Gasteiger charge is -2.24. The van der Waals surface area contributed by atoms with E-state index >= 15 is 0 Å². The molecule has 3 rings (SSSR count). The van der Waals surface area contributed by atoms with Crippen LogP contribution in [-0.2, 0) is 4.79 Å². The predicted octanol–water partition coefficient (Wildman–Crippen LogP) is 0.727. The normalized spacial score (nSPS) is 40.7. The Morgan fingerprint density at radius 1 is 1.28 bits per heavy atom. The Balaban J connectivity index is 1.51. The van der Waals surface area contributed by atoms with E-state index in [9.17, 15) is 4.79 Å². The number of carbonyl (C=O) groups excluding carboxylic acids is 1. The van der Waals surface area contributed by atoms with Crippen LogP contribution in [0.3, 0.4) is 0 Å². The van der Waals surface area contributed by atoms with E-state index < -0.39 is 0 Å². The van der Waals surface area contributed by atoms with Crippen LogP contribution in [0.4, 0.5) is 0 Å². The average Bonchev–Trinajstić information content (AvgIpc) is 2.95. The summed E-state index contributed by atoms with van der Waals surface area (Å²) in [5, 5.41) is 6.77. The fourth-order valence-electron chi connectivity index (χ4n) is 3.88. The Morgan fingerprint density at radius 2 is 2.11 bits per heavy atom. The van der Waals surface area contributed by atoms with Crippen molar-refractivity contribution in [2.75, 3.05) is 20.1 Å². The first-order valence-corrected chi connectivity index (χ1v) is 7.47. The molecule has 0 bridgehead atoms. The van der Waals surface area contributed by atoms with Crippen LogP contribution < -0.4 is 10.6 Å². The van der Waals surface area contributed by atoms with Gasteiger partial charge in [-0.25, -0.2) is 0 Å². The van der Waals surface area contributed by atoms with Crippen molar-refractivity contribution in [1.82, 2.24) is 15.5 Å². The number of carbonyl (C=O) groups is 1. The molecule has 18 heavy (non-hydrogen) atoms. The van der Waals surface area contributed by atoms with Gasteiger partial charge in [0.1, 0.15) is 0 Å². The molecule has 0 aromatic carbocycles. The molecule has 2 aliphatic heterocycles. The van der Waals surface area contributed by atoms with Gasteiger partial charge in [0, 0.05) is 18.6 Å². The van der Waals surface area contributed by atoms with Crippen molar-refractivity contribution in [3.63, 3.8) is 0 Å². The molecule has 4 atom stereocenters. The first-order chi connectivity index (χ1) is 8.72. The fourth-order valence-corrected chi connectivity index (χ4v) is 3.88. The van der Waals surface area contributed by atoms with Crippen LogP contribution in [-0.4, -0.2) is 49.1 Å². The molecular weight excluding hydrogens is 226 g/mol. The van der Waals surface area contributed by atoms with Crippen molar-refractivity contribution in [1.29, 1.82) is 0 Å². The van der Waals surface area contributed by atoms with E-state index in [-0.39, 0.29) is 11.9 Å². The van der Waals surface area contributed by atoms with Gasteiger partial charge in [-0.1, -0.05) is 12.8 Å². The third kappa shape index (κ3) is 2.54. The zero-order chi connectivity index (χ0) is 12.5. The van der Waals surface area contributed by atoms with E-state index in [4.69, 9.17) is 0 Å². The van der Waals surface area contributed by atoms with E-state index in [1.807, 2.05) is 0 Å². The lowest BCUT2D eigenvalue weighted by molar-refractivity contribution is -0.123. The quantitative estimate of drug-likeness (QED) is 0.760. The second-order valence-electron chi connectivity index (χ2n) is 6.36. The van der Waals surface area contributed by atoms with E-state index in [1.54, 1.807) is 0 Å². The zero-order valence-electron chi connectivity index (χ0n) is 11.3. The fraction of sp³-hybridized carbons (Fsp3) is 0.929. The predicted molar refractivity (Wildman–Crippen MR) is 71.3 cm³/mol. The summed E-state index contributed by atoms with van der Waals surface area (Å²) in [4.78, 5) is 14.5. The number of nitrogens with zero attached hydrogens (tertiary/aromatic N) is 1. The molecule has 2 heterocycles. The van der Waals surface area contributed by atoms with Gasteiger partial charge < -0.3 is 15.5 Å². The number of hydrogen-bond acceptors (Lipinski definition) is 3. The number of likely N-dealkylation sites (N-methyl/N-ethyl adjacent to an activating group) is 1. The highest BCUT2D eigenvalue weighted by atomic mass is 16.2. The van der Waals surface area contributed by atoms with Crippen LogP contribution in [0, 0.1) is 5.92 Å². The van der Waals surface area contributed by atoms with Gasteiger partial charge in [0.05, 0.1) is 6.04 Å². The molecule has 3 fully saturated rings. The smallest absolute Gasteiger partial charge is 0.237 e. The SMILES string of the molecule is CN1CCC(NC(=O)C2CC3CCCCC3N2)C1. The number of fused-ring (bicyclic) bond motifs is 1. The Kier molecular flexibility index (Phi) is 3.57. The van der Waals surface area contributed by atoms with Gasteiger partial charge in [-0.05, 0) is 45.2 Å². The molecule has 102 valence electrons. The maximum atomic E-state index is 12.3. The van der Waals surface area contributed by atoms with Crippen molar-refractivity contribution in [2.24, 2.45) is 5.92 Å². The van der Waals surface area contributed by atoms with Crippen LogP contribution in [0.5, 0.6) is 0 Å². The summed E-state index contributed by atoms with van der Waals surface area (Å²) >= 11 is 0. The molecule has 0 aromatic rings. The third-order valence-electron chi connectivity index (χ3n) is 4.92. The van der Waals surface area contributed by atoms with Crippen LogP contribution >= 0.6 is 0 Å². The summed E-state index contributed by atoms with van der Waals surface area (Å²) < 4.78 is 0. The minimum Gasteiger partial charge on any atom is -0.351 e. The highest BCUT2D eigenvalue weighted by Crippen LogP contribution is 2.33. The van der Waals surface area contributed by atoms with E-state index in [0.29, 0.717) is 12.1 Å². The Labute approximate surface area is 109 Å². The molecule has 0 radical (unpaired) electrons. The molecule has 4 heteroatoms. The summed E-state index contributed by atoms with van der Waals surface area (Å²) in [5.74, 6) is 0.991. The van der Waals surface area contributed by atoms with E-state index in [0.717, 1.165) is 31.8 Å². The Hall–Kier alpha value is -0.610. The van der Waals surface area contributed by atoms with Gasteiger partial charge >= 0.3 is 0 Å². The summed E-state index contributed by atoms with van der Waals surface area (Å²) in [7, 11) is 2.12. The second kappa shape index (κ2) is 5.17. The Bertz CT molecular complexity index is 306. The van der Waals surface area contributed by atoms with Gasteiger partial charge in [-0.3, -0.25) is 4.79 Å². The van der Waals surface area contributed by atoms with Crippen LogP contribution in [0.15, 0.2) is 0 Å². The molecule has 2 N–H and O–H groups in total. The zero-order valence-corrected chi connectivity index (χ0v) is 11.3. The molecule has 0 spiro atoms. The minimum absolute atomic E-state index is 0.0732. The van der Waals surface area contributed by atoms with E-state index in [2.05, 4.69) is 22.6 Å². The topological polar surface area (TPSA) is 44.4 Å². The van der Waals surface area contributed by atoms with E-state index in [1.165, 1.54) is 25.7 Å². The number of amides is 1. The van der Waals surface area contributed by atoms with Crippen molar-refractivity contribution in [2.45, 2.75) is 56.7 Å². The largest absolute Gasteiger partial charge is 0.351 e. The van der Waals surface area contributed by atoms with Gasteiger partial charge in [-0.2, -0.15) is 0 Å². The highest BCUT2D eigenvalue weighted by molar-refractivity contribution is 5.82. The van der Waals surface area contributed by atoms with Gasteiger partial charge in [0.15, 0.2) is 0 Å². The number of likely N-dealkylation sites (tertiary alicyclic amines) is 1. The van der Waals surface area contributed by atoms with Crippen LogP contribution in [0.1, 0.15) is 38.5 Å². The lowest BCUT2D eigenvalue weighted by Crippen LogP contribution is -2.47. The van der Waals surface area contributed by atoms with Gasteiger partial charge in [0.25, 0.3) is 0 Å². The molecule has 2 saturated heterocycles. The lowest BCUT2D eigenvalue weighted by atomic mass is 9.85. The van der Waals surface area contributed by atoms with Crippen LogP contribution in [0.2, 0.25) is 0 Å².